The molecule has 0 spiro atoms. The molecule has 98 valence electrons. The van der Waals surface area contributed by atoms with Gasteiger partial charge in [0.15, 0.2) is 0 Å². The van der Waals surface area contributed by atoms with Crippen LogP contribution < -0.4 is 11.1 Å². The van der Waals surface area contributed by atoms with E-state index in [2.05, 4.69) is 31.1 Å². The van der Waals surface area contributed by atoms with Crippen molar-refractivity contribution in [3.8, 4) is 0 Å². The van der Waals surface area contributed by atoms with Gasteiger partial charge in [-0.25, -0.2) is 4.98 Å². The lowest BCUT2D eigenvalue weighted by molar-refractivity contribution is 0.386. The molecule has 1 aromatic rings. The third kappa shape index (κ3) is 5.61. The Morgan fingerprint density at radius 1 is 1.47 bits per heavy atom. The van der Waals surface area contributed by atoms with Crippen LogP contribution >= 0.6 is 11.3 Å². The largest absolute Gasteiger partial charge is 0.330 e. The Kier molecular flexibility index (Phi) is 6.70. The fraction of sp³-hybridized carbons (Fsp3) is 0.769. The number of rotatable bonds is 8. The number of aromatic nitrogens is 1. The molecule has 0 fully saturated rings. The summed E-state index contributed by atoms with van der Waals surface area (Å²) in [5.74, 6) is 1.40. The van der Waals surface area contributed by atoms with Gasteiger partial charge in [-0.3, -0.25) is 0 Å². The molecule has 0 aliphatic carbocycles. The summed E-state index contributed by atoms with van der Waals surface area (Å²) >= 11 is 1.73. The van der Waals surface area contributed by atoms with Crippen molar-refractivity contribution in [1.29, 1.82) is 0 Å². The molecule has 0 bridgehead atoms. The van der Waals surface area contributed by atoms with Gasteiger partial charge in [-0.05, 0) is 44.7 Å². The topological polar surface area (TPSA) is 50.9 Å². The van der Waals surface area contributed by atoms with Crippen molar-refractivity contribution < 1.29 is 0 Å². The van der Waals surface area contributed by atoms with Gasteiger partial charge in [0, 0.05) is 11.4 Å². The second kappa shape index (κ2) is 7.80. The van der Waals surface area contributed by atoms with Crippen LogP contribution in [0.4, 0.5) is 0 Å². The first-order valence-electron chi connectivity index (χ1n) is 6.43. The van der Waals surface area contributed by atoms with Crippen LogP contribution in [0.2, 0.25) is 0 Å². The molecule has 0 aliphatic rings. The predicted octanol–water partition coefficient (Wildman–Crippen LogP) is 2.55. The van der Waals surface area contributed by atoms with Crippen LogP contribution in [0.5, 0.6) is 0 Å². The number of hydrogen-bond donors (Lipinski definition) is 2. The van der Waals surface area contributed by atoms with Gasteiger partial charge in [-0.15, -0.1) is 11.3 Å². The van der Waals surface area contributed by atoms with Crippen LogP contribution in [-0.4, -0.2) is 18.1 Å². The normalized spacial score (nSPS) is 13.2. The van der Waals surface area contributed by atoms with Crippen LogP contribution in [0.25, 0.3) is 0 Å². The maximum atomic E-state index is 5.79. The van der Waals surface area contributed by atoms with Gasteiger partial charge in [0.1, 0.15) is 0 Å². The maximum absolute atomic E-state index is 5.79. The highest BCUT2D eigenvalue weighted by Gasteiger charge is 2.08. The summed E-state index contributed by atoms with van der Waals surface area (Å²) in [7, 11) is 0. The lowest BCUT2D eigenvalue weighted by Gasteiger charge is -2.17. The summed E-state index contributed by atoms with van der Waals surface area (Å²) in [6, 6.07) is 0. The third-order valence-electron chi connectivity index (χ3n) is 3.00. The molecule has 0 radical (unpaired) electrons. The Hall–Kier alpha value is -0.450. The molecule has 3 nitrogen and oxygen atoms in total. The molecule has 17 heavy (non-hydrogen) atoms. The molecule has 0 saturated carbocycles. The van der Waals surface area contributed by atoms with Gasteiger partial charge in [0.2, 0.25) is 0 Å². The van der Waals surface area contributed by atoms with E-state index in [-0.39, 0.29) is 0 Å². The van der Waals surface area contributed by atoms with E-state index in [9.17, 15) is 0 Å². The lowest BCUT2D eigenvalue weighted by Crippen LogP contribution is -2.23. The van der Waals surface area contributed by atoms with E-state index in [1.54, 1.807) is 11.3 Å². The Balaban J connectivity index is 2.16. The van der Waals surface area contributed by atoms with Crippen LogP contribution in [0.1, 0.15) is 37.3 Å². The summed E-state index contributed by atoms with van der Waals surface area (Å²) in [5.41, 5.74) is 8.85. The van der Waals surface area contributed by atoms with E-state index in [0.29, 0.717) is 5.92 Å². The number of thiazole rings is 1. The zero-order valence-corrected chi connectivity index (χ0v) is 12.0. The highest BCUT2D eigenvalue weighted by molar-refractivity contribution is 7.09. The minimum atomic E-state index is 0.657. The van der Waals surface area contributed by atoms with E-state index in [1.807, 2.05) is 5.51 Å². The maximum Gasteiger partial charge on any atom is 0.0798 e. The number of nitrogens with two attached hydrogens (primary N) is 1. The van der Waals surface area contributed by atoms with Gasteiger partial charge < -0.3 is 11.1 Å². The molecule has 1 atom stereocenters. The first kappa shape index (κ1) is 14.6. The Morgan fingerprint density at radius 3 is 2.76 bits per heavy atom. The molecule has 1 rings (SSSR count). The highest BCUT2D eigenvalue weighted by atomic mass is 32.1. The quantitative estimate of drug-likeness (QED) is 0.702. The lowest BCUT2D eigenvalue weighted by atomic mass is 9.94. The van der Waals surface area contributed by atoms with Gasteiger partial charge in [0.05, 0.1) is 11.2 Å². The van der Waals surface area contributed by atoms with E-state index in [4.69, 9.17) is 5.73 Å². The second-order valence-corrected chi connectivity index (χ2v) is 6.00. The molecule has 1 aromatic heterocycles. The minimum absolute atomic E-state index is 0.657. The Morgan fingerprint density at radius 2 is 2.24 bits per heavy atom. The van der Waals surface area contributed by atoms with Crippen molar-refractivity contribution >= 4 is 11.3 Å². The highest BCUT2D eigenvalue weighted by Crippen LogP contribution is 2.14. The molecule has 0 amide bonds. The summed E-state index contributed by atoms with van der Waals surface area (Å²) in [6.07, 6.45) is 2.41. The zero-order chi connectivity index (χ0) is 12.7. The molecule has 1 unspecified atom stereocenters. The Bertz CT molecular complexity index is 309. The van der Waals surface area contributed by atoms with Crippen molar-refractivity contribution in [3.05, 3.63) is 16.1 Å². The van der Waals surface area contributed by atoms with Gasteiger partial charge >= 0.3 is 0 Å². The van der Waals surface area contributed by atoms with Crippen molar-refractivity contribution in [1.82, 2.24) is 10.3 Å². The van der Waals surface area contributed by atoms with Crippen LogP contribution in [0.15, 0.2) is 5.51 Å². The number of hydrogen-bond acceptors (Lipinski definition) is 4. The molecule has 3 N–H and O–H groups in total. The molecule has 0 saturated heterocycles. The summed E-state index contributed by atoms with van der Waals surface area (Å²) in [6.45, 7) is 9.38. The number of nitrogens with one attached hydrogen (secondary N) is 1. The summed E-state index contributed by atoms with van der Waals surface area (Å²) in [5, 5.41) is 3.48. The number of nitrogens with zero attached hydrogens (tertiary/aromatic N) is 1. The van der Waals surface area contributed by atoms with E-state index in [0.717, 1.165) is 31.2 Å². The number of aryl methyl sites for hydroxylation is 1. The SMILES string of the molecule is Cc1ncsc1CNCCC(CN)CC(C)C. The third-order valence-corrected chi connectivity index (χ3v) is 3.93. The molecule has 0 aliphatic heterocycles. The summed E-state index contributed by atoms with van der Waals surface area (Å²) in [4.78, 5) is 5.59. The van der Waals surface area contributed by atoms with Gasteiger partial charge in [-0.1, -0.05) is 13.8 Å². The Labute approximate surface area is 109 Å². The van der Waals surface area contributed by atoms with Gasteiger partial charge in [-0.2, -0.15) is 0 Å². The fourth-order valence-corrected chi connectivity index (χ4v) is 2.75. The first-order valence-corrected chi connectivity index (χ1v) is 7.31. The summed E-state index contributed by atoms with van der Waals surface area (Å²) < 4.78 is 0. The zero-order valence-electron chi connectivity index (χ0n) is 11.2. The van der Waals surface area contributed by atoms with Crippen LogP contribution in [-0.2, 0) is 6.54 Å². The van der Waals surface area contributed by atoms with Crippen LogP contribution in [0.3, 0.4) is 0 Å². The molecule has 4 heteroatoms. The average Bonchev–Trinajstić information content (AvgIpc) is 2.68. The molecular weight excluding hydrogens is 230 g/mol. The average molecular weight is 255 g/mol. The standard InChI is InChI=1S/C13H25N3S/c1-10(2)6-12(7-14)4-5-15-8-13-11(3)16-9-17-13/h9-10,12,15H,4-8,14H2,1-3H3. The molecule has 0 aromatic carbocycles. The smallest absolute Gasteiger partial charge is 0.0798 e. The predicted molar refractivity (Wildman–Crippen MR) is 75.2 cm³/mol. The minimum Gasteiger partial charge on any atom is -0.330 e. The second-order valence-electron chi connectivity index (χ2n) is 5.06. The van der Waals surface area contributed by atoms with Crippen molar-refractivity contribution in [2.45, 2.75) is 40.2 Å². The molecule has 1 heterocycles. The fourth-order valence-electron chi connectivity index (χ4n) is 2.00. The van der Waals surface area contributed by atoms with E-state index >= 15 is 0 Å². The van der Waals surface area contributed by atoms with Gasteiger partial charge in [0.25, 0.3) is 0 Å². The van der Waals surface area contributed by atoms with Crippen molar-refractivity contribution in [3.63, 3.8) is 0 Å². The monoisotopic (exact) mass is 255 g/mol. The molecular formula is C13H25N3S. The first-order chi connectivity index (χ1) is 8.13. The van der Waals surface area contributed by atoms with E-state index < -0.39 is 0 Å². The van der Waals surface area contributed by atoms with Crippen molar-refractivity contribution in [2.75, 3.05) is 13.1 Å². The van der Waals surface area contributed by atoms with Crippen LogP contribution in [0, 0.1) is 18.8 Å². The van der Waals surface area contributed by atoms with Crippen molar-refractivity contribution in [2.24, 2.45) is 17.6 Å². The van der Waals surface area contributed by atoms with E-state index in [1.165, 1.54) is 17.7 Å².